The molecule has 0 radical (unpaired) electrons. The normalized spacial score (nSPS) is 13.7. The zero-order valence-corrected chi connectivity index (χ0v) is 17.3. The van der Waals surface area contributed by atoms with Crippen LogP contribution >= 0.6 is 35.3 Å². The van der Waals surface area contributed by atoms with E-state index in [1.54, 1.807) is 18.3 Å². The van der Waals surface area contributed by atoms with Gasteiger partial charge in [-0.3, -0.25) is 0 Å². The Hall–Kier alpha value is -1.12. The molecule has 3 N–H and O–H groups in total. The molecule has 1 aromatic heterocycles. The lowest BCUT2D eigenvalue weighted by Crippen LogP contribution is -2.39. The number of aliphatic imine (C=N–C) groups is 1. The molecule has 4 nitrogen and oxygen atoms in total. The molecule has 0 saturated heterocycles. The number of aliphatic hydroxyl groups is 1. The van der Waals surface area contributed by atoms with E-state index in [0.29, 0.717) is 6.54 Å². The van der Waals surface area contributed by atoms with Gasteiger partial charge in [-0.05, 0) is 48.2 Å². The number of rotatable bonds is 7. The highest BCUT2D eigenvalue weighted by molar-refractivity contribution is 14.0. The Balaban J connectivity index is 0.00000288. The van der Waals surface area contributed by atoms with Gasteiger partial charge in [0.25, 0.3) is 0 Å². The average Bonchev–Trinajstić information content (AvgIpc) is 3.09. The quantitative estimate of drug-likeness (QED) is 0.338. The van der Waals surface area contributed by atoms with Gasteiger partial charge in [0.2, 0.25) is 0 Å². The molecule has 0 fully saturated rings. The van der Waals surface area contributed by atoms with Gasteiger partial charge in [0, 0.05) is 13.1 Å². The summed E-state index contributed by atoms with van der Waals surface area (Å²) in [5.41, 5.74) is 1.26. The number of nitrogens with zero attached hydrogens (tertiary/aromatic N) is 1. The van der Waals surface area contributed by atoms with Gasteiger partial charge < -0.3 is 15.7 Å². The van der Waals surface area contributed by atoms with Crippen molar-refractivity contribution in [1.29, 1.82) is 0 Å². The van der Waals surface area contributed by atoms with Gasteiger partial charge >= 0.3 is 0 Å². The van der Waals surface area contributed by atoms with Crippen LogP contribution in [-0.2, 0) is 12.0 Å². The molecule has 0 amide bonds. The van der Waals surface area contributed by atoms with Crippen molar-refractivity contribution in [1.82, 2.24) is 10.6 Å². The van der Waals surface area contributed by atoms with Gasteiger partial charge in [-0.25, -0.2) is 4.99 Å². The van der Waals surface area contributed by atoms with Crippen molar-refractivity contribution in [2.24, 2.45) is 4.99 Å². The molecule has 1 heterocycles. The highest BCUT2D eigenvalue weighted by Crippen LogP contribution is 2.23. The second kappa shape index (κ2) is 10.7. The molecule has 0 spiro atoms. The maximum absolute atomic E-state index is 10.5. The SMILES string of the molecule is CCNC(=NCC(C)(O)c1ccsc1)NCCc1ccccc1.I. The molecule has 1 atom stereocenters. The average molecular weight is 459 g/mol. The predicted molar refractivity (Wildman–Crippen MR) is 113 cm³/mol. The van der Waals surface area contributed by atoms with Crippen LogP contribution in [0.25, 0.3) is 0 Å². The van der Waals surface area contributed by atoms with Crippen molar-refractivity contribution in [2.45, 2.75) is 25.9 Å². The van der Waals surface area contributed by atoms with Crippen LogP contribution in [0.2, 0.25) is 0 Å². The van der Waals surface area contributed by atoms with Crippen LogP contribution in [0.15, 0.2) is 52.2 Å². The topological polar surface area (TPSA) is 56.7 Å². The minimum Gasteiger partial charge on any atom is -0.383 e. The first-order chi connectivity index (χ1) is 11.1. The zero-order chi connectivity index (χ0) is 16.5. The molecule has 24 heavy (non-hydrogen) atoms. The van der Waals surface area contributed by atoms with Crippen molar-refractivity contribution < 1.29 is 5.11 Å². The Bertz CT molecular complexity index is 600. The summed E-state index contributed by atoms with van der Waals surface area (Å²) >= 11 is 1.58. The lowest BCUT2D eigenvalue weighted by molar-refractivity contribution is 0.0677. The summed E-state index contributed by atoms with van der Waals surface area (Å²) in [6.45, 7) is 5.75. The predicted octanol–water partition coefficient (Wildman–Crippen LogP) is 3.37. The Kier molecular flexibility index (Phi) is 9.31. The summed E-state index contributed by atoms with van der Waals surface area (Å²) in [6.07, 6.45) is 0.937. The van der Waals surface area contributed by atoms with Gasteiger partial charge in [-0.1, -0.05) is 30.3 Å². The molecule has 1 unspecified atom stereocenters. The molecule has 0 saturated carbocycles. The summed E-state index contributed by atoms with van der Waals surface area (Å²) in [4.78, 5) is 4.52. The van der Waals surface area contributed by atoms with E-state index >= 15 is 0 Å². The minimum atomic E-state index is -0.943. The smallest absolute Gasteiger partial charge is 0.191 e. The third kappa shape index (κ3) is 6.78. The lowest BCUT2D eigenvalue weighted by Gasteiger charge is -2.21. The van der Waals surface area contributed by atoms with E-state index in [2.05, 4.69) is 27.8 Å². The third-order valence-corrected chi connectivity index (χ3v) is 4.26. The van der Waals surface area contributed by atoms with Crippen LogP contribution in [0, 0.1) is 0 Å². The van der Waals surface area contributed by atoms with Crippen LogP contribution < -0.4 is 10.6 Å². The van der Waals surface area contributed by atoms with Crippen LogP contribution in [0.5, 0.6) is 0 Å². The monoisotopic (exact) mass is 459 g/mol. The van der Waals surface area contributed by atoms with Gasteiger partial charge in [-0.2, -0.15) is 11.3 Å². The third-order valence-electron chi connectivity index (χ3n) is 3.58. The minimum absolute atomic E-state index is 0. The molecular weight excluding hydrogens is 433 g/mol. The van der Waals surface area contributed by atoms with E-state index in [1.807, 2.05) is 41.9 Å². The van der Waals surface area contributed by atoms with E-state index < -0.39 is 5.60 Å². The van der Waals surface area contributed by atoms with E-state index in [4.69, 9.17) is 0 Å². The molecule has 132 valence electrons. The second-order valence-corrected chi connectivity index (χ2v) is 6.42. The molecule has 0 bridgehead atoms. The standard InChI is InChI=1S/C18H25N3OS.HI/c1-3-19-17(20-11-9-15-7-5-4-6-8-15)21-14-18(2,22)16-10-12-23-13-16;/h4-8,10,12-13,22H,3,9,11,14H2,1-2H3,(H2,19,20,21);1H. The first-order valence-corrected chi connectivity index (χ1v) is 8.87. The highest BCUT2D eigenvalue weighted by atomic mass is 127. The summed E-state index contributed by atoms with van der Waals surface area (Å²) < 4.78 is 0. The number of guanidine groups is 1. The first kappa shape index (κ1) is 20.9. The van der Waals surface area contributed by atoms with E-state index in [1.165, 1.54) is 5.56 Å². The van der Waals surface area contributed by atoms with Crippen molar-refractivity contribution >= 4 is 41.3 Å². The number of hydrogen-bond donors (Lipinski definition) is 3. The Morgan fingerprint density at radius 3 is 2.58 bits per heavy atom. The number of nitrogens with one attached hydrogen (secondary N) is 2. The fraction of sp³-hybridized carbons (Fsp3) is 0.389. The number of hydrogen-bond acceptors (Lipinski definition) is 3. The van der Waals surface area contributed by atoms with E-state index in [0.717, 1.165) is 31.0 Å². The molecule has 6 heteroatoms. The van der Waals surface area contributed by atoms with Crippen molar-refractivity contribution in [2.75, 3.05) is 19.6 Å². The van der Waals surface area contributed by atoms with Crippen LogP contribution in [0.1, 0.15) is 25.0 Å². The molecule has 0 aliphatic heterocycles. The number of thiophene rings is 1. The lowest BCUT2D eigenvalue weighted by atomic mass is 10.00. The highest BCUT2D eigenvalue weighted by Gasteiger charge is 2.23. The maximum Gasteiger partial charge on any atom is 0.191 e. The van der Waals surface area contributed by atoms with Gasteiger partial charge in [-0.15, -0.1) is 24.0 Å². The Labute approximate surface area is 165 Å². The Morgan fingerprint density at radius 2 is 1.96 bits per heavy atom. The second-order valence-electron chi connectivity index (χ2n) is 5.64. The maximum atomic E-state index is 10.5. The van der Waals surface area contributed by atoms with Crippen LogP contribution in [0.3, 0.4) is 0 Å². The van der Waals surface area contributed by atoms with Crippen LogP contribution in [0.4, 0.5) is 0 Å². The summed E-state index contributed by atoms with van der Waals surface area (Å²) in [5.74, 6) is 0.735. The van der Waals surface area contributed by atoms with E-state index in [9.17, 15) is 5.11 Å². The molecule has 2 aromatic rings. The number of benzene rings is 1. The fourth-order valence-electron chi connectivity index (χ4n) is 2.21. The fourth-order valence-corrected chi connectivity index (χ4v) is 2.99. The zero-order valence-electron chi connectivity index (χ0n) is 14.2. The van der Waals surface area contributed by atoms with Gasteiger partial charge in [0.15, 0.2) is 5.96 Å². The largest absolute Gasteiger partial charge is 0.383 e. The molecular formula is C18H26IN3OS. The number of halogens is 1. The van der Waals surface area contributed by atoms with Crippen molar-refractivity contribution in [3.8, 4) is 0 Å². The Morgan fingerprint density at radius 1 is 1.21 bits per heavy atom. The molecule has 0 aliphatic carbocycles. The van der Waals surface area contributed by atoms with Gasteiger partial charge in [0.05, 0.1) is 6.54 Å². The summed E-state index contributed by atoms with van der Waals surface area (Å²) in [7, 11) is 0. The van der Waals surface area contributed by atoms with Gasteiger partial charge in [0.1, 0.15) is 5.60 Å². The summed E-state index contributed by atoms with van der Waals surface area (Å²) in [5, 5.41) is 21.0. The van der Waals surface area contributed by atoms with Crippen molar-refractivity contribution in [3.05, 3.63) is 58.3 Å². The molecule has 0 aliphatic rings. The van der Waals surface area contributed by atoms with E-state index in [-0.39, 0.29) is 24.0 Å². The van der Waals surface area contributed by atoms with Crippen molar-refractivity contribution in [3.63, 3.8) is 0 Å². The molecule has 2 rings (SSSR count). The molecule has 1 aromatic carbocycles. The van der Waals surface area contributed by atoms with Crippen LogP contribution in [-0.4, -0.2) is 30.7 Å². The first-order valence-electron chi connectivity index (χ1n) is 7.93. The summed E-state index contributed by atoms with van der Waals surface area (Å²) in [6, 6.07) is 12.3.